The summed E-state index contributed by atoms with van der Waals surface area (Å²) >= 11 is 0. The molecule has 5 aromatic rings. The summed E-state index contributed by atoms with van der Waals surface area (Å²) in [7, 11) is 0. The lowest BCUT2D eigenvalue weighted by molar-refractivity contribution is 0.0976. The fourth-order valence-corrected chi connectivity index (χ4v) is 5.57. The molecule has 0 atom stereocenters. The van der Waals surface area contributed by atoms with Crippen LogP contribution < -0.4 is 16.0 Å². The van der Waals surface area contributed by atoms with Crippen molar-refractivity contribution in [3.8, 4) is 11.4 Å². The highest BCUT2D eigenvalue weighted by atomic mass is 19.1. The predicted molar refractivity (Wildman–Crippen MR) is 158 cm³/mol. The minimum Gasteiger partial charge on any atom is -0.392 e. The Balaban J connectivity index is 1.17. The lowest BCUT2D eigenvalue weighted by Crippen LogP contribution is -2.39. The third-order valence-corrected chi connectivity index (χ3v) is 7.82. The Labute approximate surface area is 246 Å². The monoisotopic (exact) mass is 577 g/mol. The smallest absolute Gasteiger partial charge is 0.261 e. The highest BCUT2D eigenvalue weighted by Crippen LogP contribution is 2.42. The van der Waals surface area contributed by atoms with Crippen LogP contribution in [0, 0.1) is 5.82 Å². The molecule has 216 valence electrons. The number of carbonyl (C=O) groups excluding carboxylic acids is 1. The molecule has 0 radical (unpaired) electrons. The van der Waals surface area contributed by atoms with Gasteiger partial charge in [-0.05, 0) is 66.1 Å². The second kappa shape index (κ2) is 10.9. The molecule has 3 heterocycles. The number of amides is 1. The number of aromatic nitrogens is 6. The molecule has 1 amide bonds. The van der Waals surface area contributed by atoms with Gasteiger partial charge >= 0.3 is 0 Å². The van der Waals surface area contributed by atoms with Crippen LogP contribution in [-0.2, 0) is 19.6 Å². The molecule has 3 aromatic carbocycles. The van der Waals surface area contributed by atoms with Gasteiger partial charge in [-0.25, -0.2) is 14.1 Å². The highest BCUT2D eigenvalue weighted by Gasteiger charge is 2.33. The van der Waals surface area contributed by atoms with Crippen LogP contribution in [0.4, 0.5) is 27.7 Å². The van der Waals surface area contributed by atoms with E-state index in [1.165, 1.54) is 17.3 Å². The van der Waals surface area contributed by atoms with E-state index in [-0.39, 0.29) is 23.3 Å². The van der Waals surface area contributed by atoms with Crippen molar-refractivity contribution in [1.82, 2.24) is 29.7 Å². The summed E-state index contributed by atoms with van der Waals surface area (Å²) in [5, 5.41) is 17.8. The lowest BCUT2D eigenvalue weighted by atomic mass is 9.93. The molecule has 1 aliphatic carbocycles. The number of fused-ring (bicyclic) bond motifs is 1. The first kappa shape index (κ1) is 26.7. The second-order valence-electron chi connectivity index (χ2n) is 10.7. The lowest BCUT2D eigenvalue weighted by Gasteiger charge is -2.31. The van der Waals surface area contributed by atoms with Crippen LogP contribution in [0.2, 0.25) is 0 Å². The van der Waals surface area contributed by atoms with Gasteiger partial charge in [0, 0.05) is 23.4 Å². The van der Waals surface area contributed by atoms with E-state index in [0.29, 0.717) is 42.2 Å². The van der Waals surface area contributed by atoms with Crippen molar-refractivity contribution in [1.29, 1.82) is 0 Å². The third-order valence-electron chi connectivity index (χ3n) is 7.82. The van der Waals surface area contributed by atoms with Gasteiger partial charge in [-0.15, -0.1) is 0 Å². The van der Waals surface area contributed by atoms with Crippen molar-refractivity contribution in [2.75, 3.05) is 22.5 Å². The van der Waals surface area contributed by atoms with Crippen LogP contribution in [0.15, 0.2) is 67.3 Å². The van der Waals surface area contributed by atoms with E-state index in [4.69, 9.17) is 5.73 Å². The van der Waals surface area contributed by atoms with Crippen molar-refractivity contribution in [3.63, 3.8) is 0 Å². The maximum absolute atomic E-state index is 15.2. The number of halogens is 1. The molecule has 0 unspecified atom stereocenters. The van der Waals surface area contributed by atoms with E-state index in [1.807, 2.05) is 30.3 Å². The van der Waals surface area contributed by atoms with E-state index in [1.54, 1.807) is 29.2 Å². The number of aliphatic hydroxyl groups excluding tert-OH is 1. The quantitative estimate of drug-likeness (QED) is 0.247. The second-order valence-corrected chi connectivity index (χ2v) is 10.7. The molecule has 2 aromatic heterocycles. The summed E-state index contributed by atoms with van der Waals surface area (Å²) in [5.74, 6) is -0.101. The zero-order valence-electron chi connectivity index (χ0n) is 23.1. The molecule has 4 N–H and O–H groups in total. The van der Waals surface area contributed by atoms with Gasteiger partial charge in [0.25, 0.3) is 5.91 Å². The summed E-state index contributed by atoms with van der Waals surface area (Å²) < 4.78 is 16.9. The highest BCUT2D eigenvalue weighted by molar-refractivity contribution is 6.09. The molecule has 0 bridgehead atoms. The number of nitrogens with zero attached hydrogens (tertiary/aromatic N) is 7. The van der Waals surface area contributed by atoms with Crippen molar-refractivity contribution >= 4 is 29.2 Å². The zero-order valence-corrected chi connectivity index (χ0v) is 23.1. The van der Waals surface area contributed by atoms with E-state index in [9.17, 15) is 9.90 Å². The van der Waals surface area contributed by atoms with Crippen molar-refractivity contribution < 1.29 is 14.3 Å². The molecule has 11 nitrogen and oxygen atoms in total. The van der Waals surface area contributed by atoms with Crippen LogP contribution in [0.5, 0.6) is 0 Å². The molecular formula is C31H28FN9O2. The van der Waals surface area contributed by atoms with Crippen molar-refractivity contribution in [2.24, 2.45) is 0 Å². The Morgan fingerprint density at radius 3 is 2.65 bits per heavy atom. The Bertz CT molecular complexity index is 1820. The van der Waals surface area contributed by atoms with Gasteiger partial charge < -0.3 is 21.1 Å². The summed E-state index contributed by atoms with van der Waals surface area (Å²) in [5.41, 5.74) is 11.0. The van der Waals surface area contributed by atoms with Gasteiger partial charge in [0.15, 0.2) is 5.82 Å². The maximum Gasteiger partial charge on any atom is 0.261 e. The molecule has 0 saturated heterocycles. The number of nitrogens with two attached hydrogens (primary N) is 1. The summed E-state index contributed by atoms with van der Waals surface area (Å²) in [6.07, 6.45) is 5.77. The molecule has 1 saturated carbocycles. The molecule has 7 rings (SSSR count). The molecule has 1 aliphatic heterocycles. The number of hydrogen-bond donors (Lipinski definition) is 3. The number of nitrogen functional groups attached to an aromatic ring is 1. The summed E-state index contributed by atoms with van der Waals surface area (Å²) in [6, 6.07) is 16.4. The summed E-state index contributed by atoms with van der Waals surface area (Å²) in [6.45, 7) is 0.546. The normalized spacial score (nSPS) is 14.6. The third kappa shape index (κ3) is 5.28. The van der Waals surface area contributed by atoms with Crippen LogP contribution in [-0.4, -0.2) is 47.3 Å². The van der Waals surface area contributed by atoms with Gasteiger partial charge in [0.2, 0.25) is 11.9 Å². The van der Waals surface area contributed by atoms with Gasteiger partial charge in [0.05, 0.1) is 24.4 Å². The van der Waals surface area contributed by atoms with Gasteiger partial charge in [0.1, 0.15) is 18.5 Å². The van der Waals surface area contributed by atoms with E-state index in [0.717, 1.165) is 35.2 Å². The fraction of sp³-hybridized carbons (Fsp3) is 0.226. The largest absolute Gasteiger partial charge is 0.392 e. The number of carbonyl (C=O) groups is 1. The van der Waals surface area contributed by atoms with Gasteiger partial charge in [-0.1, -0.05) is 30.3 Å². The minimum atomic E-state index is -0.497. The Morgan fingerprint density at radius 1 is 1.07 bits per heavy atom. The molecule has 12 heteroatoms. The number of anilines is 4. The zero-order chi connectivity index (χ0) is 29.5. The maximum atomic E-state index is 15.2. The molecule has 43 heavy (non-hydrogen) atoms. The van der Waals surface area contributed by atoms with Crippen LogP contribution in [0.3, 0.4) is 0 Å². The van der Waals surface area contributed by atoms with E-state index < -0.39 is 18.3 Å². The van der Waals surface area contributed by atoms with Gasteiger partial charge in [-0.3, -0.25) is 4.79 Å². The fourth-order valence-electron chi connectivity index (χ4n) is 5.57. The average Bonchev–Trinajstić information content (AvgIpc) is 3.74. The first-order chi connectivity index (χ1) is 21.0. The first-order valence-electron chi connectivity index (χ1n) is 14.0. The Hall–Kier alpha value is -5.23. The summed E-state index contributed by atoms with van der Waals surface area (Å²) in [4.78, 5) is 32.2. The standard InChI is InChI=1S/C31H28FN9O2/c32-25-13-21(19-6-7-19)12-20-10-11-41(29(43)27(20)25)26-3-1-2-23(24(26)15-42)28-37-30(33)39-31(38-28)36-22-8-4-18(5-9-22)14-40-17-34-16-35-40/h1-5,8-9,12-13,16-17,19,42H,6-7,10-11,14-15H2,(H3,33,36,37,38,39). The van der Waals surface area contributed by atoms with Gasteiger partial charge in [-0.2, -0.15) is 20.1 Å². The van der Waals surface area contributed by atoms with Crippen molar-refractivity contribution in [2.45, 2.75) is 38.3 Å². The number of aliphatic hydroxyl groups is 1. The molecule has 1 fully saturated rings. The molecular weight excluding hydrogens is 549 g/mol. The number of nitrogens with one attached hydrogen (secondary N) is 1. The molecule has 2 aliphatic rings. The number of benzene rings is 3. The number of hydrogen-bond acceptors (Lipinski definition) is 9. The predicted octanol–water partition coefficient (Wildman–Crippen LogP) is 4.22. The first-order valence-corrected chi connectivity index (χ1v) is 14.0. The topological polar surface area (TPSA) is 148 Å². The Morgan fingerprint density at radius 2 is 1.91 bits per heavy atom. The number of rotatable bonds is 8. The average molecular weight is 578 g/mol. The minimum absolute atomic E-state index is 0.0129. The van der Waals surface area contributed by atoms with Crippen LogP contribution in [0.25, 0.3) is 11.4 Å². The van der Waals surface area contributed by atoms with Crippen LogP contribution in [0.1, 0.15) is 51.4 Å². The Kier molecular flexibility index (Phi) is 6.74. The molecule has 0 spiro atoms. The van der Waals surface area contributed by atoms with E-state index in [2.05, 4.69) is 30.4 Å². The van der Waals surface area contributed by atoms with Crippen LogP contribution >= 0.6 is 0 Å². The van der Waals surface area contributed by atoms with Crippen molar-refractivity contribution in [3.05, 3.63) is 101 Å². The SMILES string of the molecule is Nc1nc(Nc2ccc(Cn3cncn3)cc2)nc(-c2cccc(N3CCc4cc(C5CC5)cc(F)c4C3=O)c2CO)n1. The van der Waals surface area contributed by atoms with E-state index >= 15 is 4.39 Å².